The fourth-order valence-electron chi connectivity index (χ4n) is 1.72. The molecule has 0 radical (unpaired) electrons. The number of nitrogens with one attached hydrogen (secondary N) is 1. The number of rotatable bonds is 5. The lowest BCUT2D eigenvalue weighted by Crippen LogP contribution is -2.07. The quantitative estimate of drug-likeness (QED) is 0.744. The Morgan fingerprint density at radius 2 is 1.95 bits per heavy atom. The Bertz CT molecular complexity index is 640. The van der Waals surface area contributed by atoms with Gasteiger partial charge in [-0.1, -0.05) is 11.6 Å². The van der Waals surface area contributed by atoms with Crippen LogP contribution in [-0.4, -0.2) is 6.61 Å². The Morgan fingerprint density at radius 3 is 2.62 bits per heavy atom. The number of anilines is 1. The summed E-state index contributed by atoms with van der Waals surface area (Å²) in [5, 5.41) is 3.41. The topological polar surface area (TPSA) is 21.3 Å². The van der Waals surface area contributed by atoms with E-state index >= 15 is 0 Å². The highest BCUT2D eigenvalue weighted by Gasteiger charge is 2.11. The van der Waals surface area contributed by atoms with Crippen LogP contribution in [0.2, 0.25) is 5.02 Å². The summed E-state index contributed by atoms with van der Waals surface area (Å²) in [6.07, 6.45) is 0. The molecule has 0 bridgehead atoms. The molecule has 21 heavy (non-hydrogen) atoms. The molecule has 0 saturated carbocycles. The summed E-state index contributed by atoms with van der Waals surface area (Å²) in [7, 11) is 0. The zero-order valence-corrected chi connectivity index (χ0v) is 12.9. The lowest BCUT2D eigenvalue weighted by atomic mass is 10.2. The van der Waals surface area contributed by atoms with Gasteiger partial charge in [-0.05, 0) is 52.3 Å². The van der Waals surface area contributed by atoms with Crippen molar-refractivity contribution in [3.8, 4) is 5.75 Å². The number of ether oxygens (including phenoxy) is 1. The molecule has 2 aromatic rings. The molecule has 2 aromatic carbocycles. The maximum absolute atomic E-state index is 13.0. The van der Waals surface area contributed by atoms with Crippen LogP contribution in [0.4, 0.5) is 18.9 Å². The van der Waals surface area contributed by atoms with E-state index in [0.717, 1.165) is 0 Å². The molecule has 0 aliphatic rings. The van der Waals surface area contributed by atoms with E-state index in [4.69, 9.17) is 11.6 Å². The summed E-state index contributed by atoms with van der Waals surface area (Å²) in [5.74, 6) is -0.336. The fraction of sp³-hybridized carbons (Fsp3) is 0.143. The van der Waals surface area contributed by atoms with E-state index in [1.807, 2.05) is 0 Å². The normalized spacial score (nSPS) is 10.8. The molecule has 0 saturated heterocycles. The Morgan fingerprint density at radius 1 is 1.19 bits per heavy atom. The van der Waals surface area contributed by atoms with Gasteiger partial charge in [-0.3, -0.25) is 0 Å². The van der Waals surface area contributed by atoms with Crippen LogP contribution in [0.3, 0.4) is 0 Å². The van der Waals surface area contributed by atoms with Gasteiger partial charge in [-0.15, -0.1) is 0 Å². The molecule has 0 amide bonds. The molecule has 2 rings (SSSR count). The molecule has 1 N–H and O–H groups in total. The van der Waals surface area contributed by atoms with E-state index in [9.17, 15) is 13.2 Å². The monoisotopic (exact) mass is 379 g/mol. The molecule has 0 aliphatic carbocycles. The van der Waals surface area contributed by atoms with Gasteiger partial charge in [0.05, 0.1) is 0 Å². The molecule has 2 nitrogen and oxygen atoms in total. The van der Waals surface area contributed by atoms with E-state index in [-0.39, 0.29) is 18.1 Å². The first-order valence-electron chi connectivity index (χ1n) is 5.88. The van der Waals surface area contributed by atoms with Gasteiger partial charge in [-0.2, -0.15) is 8.78 Å². The minimum Gasteiger partial charge on any atom is -0.434 e. The molecular formula is C14H10BrClF3NO. The highest BCUT2D eigenvalue weighted by atomic mass is 79.9. The first kappa shape index (κ1) is 16.0. The number of alkyl halides is 2. The standard InChI is InChI=1S/C14H10BrClF3NO/c15-11-6-10(17)2-3-12(11)20-7-8-5-9(16)1-4-13(8)21-14(18)19/h1-6,14,20H,7H2. The van der Waals surface area contributed by atoms with Gasteiger partial charge in [0.1, 0.15) is 11.6 Å². The van der Waals surface area contributed by atoms with Gasteiger partial charge in [0.25, 0.3) is 0 Å². The smallest absolute Gasteiger partial charge is 0.387 e. The first-order chi connectivity index (χ1) is 9.95. The number of hydrogen-bond donors (Lipinski definition) is 1. The van der Waals surface area contributed by atoms with Crippen LogP contribution in [0.15, 0.2) is 40.9 Å². The van der Waals surface area contributed by atoms with Gasteiger partial charge < -0.3 is 10.1 Å². The minimum atomic E-state index is -2.91. The van der Waals surface area contributed by atoms with Crippen LogP contribution in [0.1, 0.15) is 5.56 Å². The molecule has 0 aliphatic heterocycles. The molecule has 0 fully saturated rings. The van der Waals surface area contributed by atoms with Gasteiger partial charge in [0.15, 0.2) is 0 Å². The maximum atomic E-state index is 13.0. The predicted octanol–water partition coefficient (Wildman–Crippen LogP) is 5.46. The van der Waals surface area contributed by atoms with Crippen molar-refractivity contribution in [2.45, 2.75) is 13.2 Å². The predicted molar refractivity (Wildman–Crippen MR) is 79.5 cm³/mol. The molecule has 0 aromatic heterocycles. The first-order valence-corrected chi connectivity index (χ1v) is 7.05. The van der Waals surface area contributed by atoms with Crippen LogP contribution in [0.5, 0.6) is 5.75 Å². The Hall–Kier alpha value is -1.40. The van der Waals surface area contributed by atoms with Crippen LogP contribution >= 0.6 is 27.5 Å². The van der Waals surface area contributed by atoms with Gasteiger partial charge in [0, 0.05) is 27.3 Å². The Labute approximate surface area is 133 Å². The van der Waals surface area contributed by atoms with E-state index in [1.54, 1.807) is 0 Å². The van der Waals surface area contributed by atoms with Crippen molar-refractivity contribution in [1.29, 1.82) is 0 Å². The van der Waals surface area contributed by atoms with E-state index < -0.39 is 6.61 Å². The lowest BCUT2D eigenvalue weighted by molar-refractivity contribution is -0.0504. The molecule has 0 unspecified atom stereocenters. The highest BCUT2D eigenvalue weighted by Crippen LogP contribution is 2.28. The van der Waals surface area contributed by atoms with Crippen molar-refractivity contribution >= 4 is 33.2 Å². The third-order valence-corrected chi connectivity index (χ3v) is 3.53. The largest absolute Gasteiger partial charge is 0.434 e. The Kier molecular flexibility index (Phi) is 5.36. The zero-order valence-electron chi connectivity index (χ0n) is 10.5. The molecule has 7 heteroatoms. The minimum absolute atomic E-state index is 0.0418. The number of hydrogen-bond acceptors (Lipinski definition) is 2. The van der Waals surface area contributed by atoms with Gasteiger partial charge >= 0.3 is 6.61 Å². The van der Waals surface area contributed by atoms with Crippen molar-refractivity contribution in [3.05, 3.63) is 57.3 Å². The Balaban J connectivity index is 2.16. The second-order valence-corrected chi connectivity index (χ2v) is 5.40. The number of halogens is 5. The van der Waals surface area contributed by atoms with Crippen LogP contribution in [0.25, 0.3) is 0 Å². The van der Waals surface area contributed by atoms with Crippen molar-refractivity contribution < 1.29 is 17.9 Å². The molecule has 0 heterocycles. The summed E-state index contributed by atoms with van der Waals surface area (Å²) in [5.41, 5.74) is 1.10. The van der Waals surface area contributed by atoms with Gasteiger partial charge in [-0.25, -0.2) is 4.39 Å². The SMILES string of the molecule is Fc1ccc(NCc2cc(Cl)ccc2OC(F)F)c(Br)c1. The highest BCUT2D eigenvalue weighted by molar-refractivity contribution is 9.10. The summed E-state index contributed by atoms with van der Waals surface area (Å²) in [6.45, 7) is -2.71. The molecule has 0 atom stereocenters. The van der Waals surface area contributed by atoms with Crippen LogP contribution < -0.4 is 10.1 Å². The molecular weight excluding hydrogens is 371 g/mol. The van der Waals surface area contributed by atoms with Crippen molar-refractivity contribution in [3.63, 3.8) is 0 Å². The fourth-order valence-corrected chi connectivity index (χ4v) is 2.41. The summed E-state index contributed by atoms with van der Waals surface area (Å²) < 4.78 is 42.7. The van der Waals surface area contributed by atoms with Crippen molar-refractivity contribution in [2.75, 3.05) is 5.32 Å². The average Bonchev–Trinajstić information content (AvgIpc) is 2.40. The average molecular weight is 381 g/mol. The zero-order chi connectivity index (χ0) is 15.4. The third kappa shape index (κ3) is 4.54. The summed E-state index contributed by atoms with van der Waals surface area (Å²) in [4.78, 5) is 0. The van der Waals surface area contributed by atoms with Crippen molar-refractivity contribution in [1.82, 2.24) is 0 Å². The van der Waals surface area contributed by atoms with Crippen LogP contribution in [-0.2, 0) is 6.54 Å². The van der Waals surface area contributed by atoms with Crippen LogP contribution in [0, 0.1) is 5.82 Å². The summed E-state index contributed by atoms with van der Waals surface area (Å²) in [6, 6.07) is 8.52. The van der Waals surface area contributed by atoms with E-state index in [0.29, 0.717) is 20.7 Å². The number of benzene rings is 2. The lowest BCUT2D eigenvalue weighted by Gasteiger charge is -2.13. The second kappa shape index (κ2) is 7.04. The third-order valence-electron chi connectivity index (χ3n) is 2.64. The van der Waals surface area contributed by atoms with E-state index in [1.165, 1.54) is 36.4 Å². The van der Waals surface area contributed by atoms with E-state index in [2.05, 4.69) is 26.0 Å². The maximum Gasteiger partial charge on any atom is 0.387 e. The molecule has 112 valence electrons. The second-order valence-electron chi connectivity index (χ2n) is 4.11. The summed E-state index contributed by atoms with van der Waals surface area (Å²) >= 11 is 9.07. The van der Waals surface area contributed by atoms with Gasteiger partial charge in [0.2, 0.25) is 0 Å². The van der Waals surface area contributed by atoms with Crippen molar-refractivity contribution in [2.24, 2.45) is 0 Å². The molecule has 0 spiro atoms.